The molecule has 10 nitrogen and oxygen atoms in total. The first kappa shape index (κ1) is 24.9. The van der Waals surface area contributed by atoms with Crippen LogP contribution in [0.15, 0.2) is 64.2 Å². The van der Waals surface area contributed by atoms with Gasteiger partial charge in [0.2, 0.25) is 5.91 Å². The Bertz CT molecular complexity index is 1680. The van der Waals surface area contributed by atoms with Gasteiger partial charge in [-0.3, -0.25) is 19.6 Å². The minimum atomic E-state index is -0.347. The van der Waals surface area contributed by atoms with E-state index in [2.05, 4.69) is 4.90 Å². The zero-order chi connectivity index (χ0) is 28.0. The number of carbonyl (C=O) groups is 1. The summed E-state index contributed by atoms with van der Waals surface area (Å²) in [7, 11) is 0. The molecule has 8 rings (SSSR count). The third-order valence-corrected chi connectivity index (χ3v) is 10.3. The van der Waals surface area contributed by atoms with Gasteiger partial charge in [-0.15, -0.1) is 0 Å². The molecule has 3 aromatic rings. The Hall–Kier alpha value is -3.89. The third kappa shape index (κ3) is 3.80. The number of amides is 1. The van der Waals surface area contributed by atoms with E-state index in [1.54, 1.807) is 24.3 Å². The summed E-state index contributed by atoms with van der Waals surface area (Å²) in [6, 6.07) is 16.0. The van der Waals surface area contributed by atoms with E-state index in [4.69, 9.17) is 0 Å². The Kier molecular flexibility index (Phi) is 5.49. The van der Waals surface area contributed by atoms with Gasteiger partial charge < -0.3 is 29.4 Å². The lowest BCUT2D eigenvalue weighted by molar-refractivity contribution is -0.140. The maximum absolute atomic E-state index is 14.6. The number of nitrogens with zero attached hydrogens (tertiary/aromatic N) is 5. The summed E-state index contributed by atoms with van der Waals surface area (Å²) in [4.78, 5) is 44.3. The van der Waals surface area contributed by atoms with E-state index < -0.39 is 0 Å². The van der Waals surface area contributed by atoms with E-state index in [-0.39, 0.29) is 63.6 Å². The number of pyridine rings is 2. The number of likely N-dealkylation sites (tertiary alicyclic amines) is 1. The molecule has 41 heavy (non-hydrogen) atoms. The lowest BCUT2D eigenvalue weighted by Crippen LogP contribution is -2.62. The van der Waals surface area contributed by atoms with Crippen molar-refractivity contribution in [2.45, 2.75) is 50.2 Å². The number of benzene rings is 1. The molecule has 2 saturated heterocycles. The maximum Gasteiger partial charge on any atom is 0.250 e. The van der Waals surface area contributed by atoms with Crippen LogP contribution in [0.5, 0.6) is 0 Å². The van der Waals surface area contributed by atoms with Crippen molar-refractivity contribution in [2.24, 2.45) is 17.8 Å². The summed E-state index contributed by atoms with van der Waals surface area (Å²) in [5.74, 6) is 0.394. The van der Waals surface area contributed by atoms with E-state index in [0.717, 1.165) is 35.5 Å². The van der Waals surface area contributed by atoms with Crippen molar-refractivity contribution in [3.05, 3.63) is 97.5 Å². The van der Waals surface area contributed by atoms with Gasteiger partial charge in [-0.05, 0) is 67.0 Å². The first-order valence-corrected chi connectivity index (χ1v) is 14.6. The number of rotatable bonds is 2. The fraction of sp³-hybridized carbons (Fsp3) is 0.452. The molecule has 5 aliphatic heterocycles. The van der Waals surface area contributed by atoms with Crippen LogP contribution in [0.25, 0.3) is 0 Å². The van der Waals surface area contributed by atoms with Gasteiger partial charge in [-0.2, -0.15) is 0 Å². The van der Waals surface area contributed by atoms with Gasteiger partial charge in [0.1, 0.15) is 0 Å². The molecule has 4 bridgehead atoms. The number of anilines is 2. The number of piperidine rings is 2. The minimum absolute atomic E-state index is 0.00521. The van der Waals surface area contributed by atoms with Crippen molar-refractivity contribution in [3.8, 4) is 0 Å². The van der Waals surface area contributed by atoms with Crippen molar-refractivity contribution in [2.75, 3.05) is 29.8 Å². The molecule has 0 radical (unpaired) electrons. The molecule has 212 valence electrons. The first-order chi connectivity index (χ1) is 19.9. The van der Waals surface area contributed by atoms with Gasteiger partial charge in [0.15, 0.2) is 0 Å². The Morgan fingerprint density at radius 3 is 2.29 bits per heavy atom. The summed E-state index contributed by atoms with van der Waals surface area (Å²) < 4.78 is 3.78. The van der Waals surface area contributed by atoms with Gasteiger partial charge in [-0.1, -0.05) is 12.1 Å². The Labute approximate surface area is 236 Å². The standard InChI is InChI=1S/C31H32N5O5/c37-28-5-1-3-25-20-9-18(14-33(25)28)13-32(15-20)31(39)24-12-19-11-23(36(40)41)7-8-27(19)35-16-21-10-22(30(24)35)17-34-26(21)4-2-6-29(34)38/h1-8,11,18,20-22,24,30,40H,9-10,12-17H2/q-1/t18-,20+,21?,22?,24-,30+/m1/s1. The van der Waals surface area contributed by atoms with Crippen LogP contribution >= 0.6 is 0 Å². The molecule has 6 atom stereocenters. The molecule has 0 saturated carbocycles. The van der Waals surface area contributed by atoms with Crippen LogP contribution in [0.4, 0.5) is 11.4 Å². The second-order valence-electron chi connectivity index (χ2n) is 12.6. The molecule has 1 amide bonds. The summed E-state index contributed by atoms with van der Waals surface area (Å²) in [5.41, 5.74) is 4.10. The summed E-state index contributed by atoms with van der Waals surface area (Å²) in [6.45, 7) is 3.09. The molecule has 10 heteroatoms. The van der Waals surface area contributed by atoms with E-state index in [1.165, 1.54) is 0 Å². The fourth-order valence-corrected chi connectivity index (χ4v) is 8.75. The summed E-state index contributed by atoms with van der Waals surface area (Å²) >= 11 is 0. The Morgan fingerprint density at radius 2 is 1.56 bits per heavy atom. The van der Waals surface area contributed by atoms with E-state index in [0.29, 0.717) is 39.1 Å². The van der Waals surface area contributed by atoms with Crippen LogP contribution in [-0.2, 0) is 24.3 Å². The van der Waals surface area contributed by atoms with Gasteiger partial charge in [0.25, 0.3) is 11.1 Å². The Morgan fingerprint density at radius 1 is 0.854 bits per heavy atom. The quantitative estimate of drug-likeness (QED) is 0.484. The van der Waals surface area contributed by atoms with Gasteiger partial charge in [-0.25, -0.2) is 0 Å². The van der Waals surface area contributed by atoms with Crippen LogP contribution in [0.1, 0.15) is 41.6 Å². The number of hydrogen-bond acceptors (Lipinski definition) is 7. The zero-order valence-corrected chi connectivity index (χ0v) is 22.6. The lowest BCUT2D eigenvalue weighted by Gasteiger charge is -2.55. The zero-order valence-electron chi connectivity index (χ0n) is 22.6. The summed E-state index contributed by atoms with van der Waals surface area (Å²) in [5, 5.41) is 21.3. The maximum atomic E-state index is 14.6. The molecular weight excluding hydrogens is 522 g/mol. The third-order valence-electron chi connectivity index (χ3n) is 10.3. The largest absolute Gasteiger partial charge is 0.733 e. The molecule has 2 unspecified atom stereocenters. The molecule has 7 heterocycles. The van der Waals surface area contributed by atoms with Crippen LogP contribution < -0.4 is 21.2 Å². The average molecular weight is 555 g/mol. The fourth-order valence-electron chi connectivity index (χ4n) is 8.75. The number of carbonyl (C=O) groups excluding carboxylic acids is 1. The molecule has 2 aromatic heterocycles. The van der Waals surface area contributed by atoms with Crippen LogP contribution in [0.3, 0.4) is 0 Å². The Balaban J connectivity index is 1.18. The van der Waals surface area contributed by atoms with Crippen molar-refractivity contribution < 1.29 is 10.0 Å². The number of hydrogen-bond donors (Lipinski definition) is 1. The molecule has 0 spiro atoms. The highest BCUT2D eigenvalue weighted by atomic mass is 16.8. The molecular formula is C31H32N5O5-. The average Bonchev–Trinajstić information content (AvgIpc) is 2.97. The molecule has 1 aromatic carbocycles. The SMILES string of the molecule is O=C([C@@H]1Cc2cc(N([O-])O)ccc2N2CC3CC(Cn4c3cccc4=O)[C@@H]12)N1C[C@H]2C[C@@H](C1)c1cccc(=O)n1C2. The molecule has 1 N–H and O–H groups in total. The van der Waals surface area contributed by atoms with E-state index >= 15 is 0 Å². The smallest absolute Gasteiger partial charge is 0.250 e. The van der Waals surface area contributed by atoms with Gasteiger partial charge in [0, 0.05) is 79.8 Å². The monoisotopic (exact) mass is 554 g/mol. The van der Waals surface area contributed by atoms with Crippen LogP contribution in [-0.4, -0.2) is 50.8 Å². The van der Waals surface area contributed by atoms with Crippen LogP contribution in [0, 0.1) is 23.0 Å². The predicted octanol–water partition coefficient (Wildman–Crippen LogP) is 2.51. The van der Waals surface area contributed by atoms with Gasteiger partial charge >= 0.3 is 0 Å². The highest BCUT2D eigenvalue weighted by Crippen LogP contribution is 2.48. The second-order valence-corrected chi connectivity index (χ2v) is 12.6. The first-order valence-electron chi connectivity index (χ1n) is 14.6. The van der Waals surface area contributed by atoms with Crippen LogP contribution in [0.2, 0.25) is 0 Å². The van der Waals surface area contributed by atoms with Crippen molar-refractivity contribution in [3.63, 3.8) is 0 Å². The topological polar surface area (TPSA) is 114 Å². The molecule has 0 aliphatic carbocycles. The van der Waals surface area contributed by atoms with E-state index in [1.807, 2.05) is 44.4 Å². The predicted molar refractivity (Wildman–Crippen MR) is 152 cm³/mol. The highest BCUT2D eigenvalue weighted by molar-refractivity contribution is 5.83. The summed E-state index contributed by atoms with van der Waals surface area (Å²) in [6.07, 6.45) is 2.37. The van der Waals surface area contributed by atoms with Crippen molar-refractivity contribution >= 4 is 17.3 Å². The van der Waals surface area contributed by atoms with Gasteiger partial charge in [0.05, 0.1) is 11.6 Å². The molecule has 5 aliphatic rings. The second kappa shape index (κ2) is 9.06. The van der Waals surface area contributed by atoms with Crippen molar-refractivity contribution in [1.29, 1.82) is 0 Å². The normalized spacial score (nSPS) is 29.1. The lowest BCUT2D eigenvalue weighted by atomic mass is 9.69. The minimum Gasteiger partial charge on any atom is -0.733 e. The number of fused-ring (bicyclic) bond motifs is 12. The van der Waals surface area contributed by atoms with E-state index in [9.17, 15) is 24.8 Å². The number of aromatic nitrogens is 2. The van der Waals surface area contributed by atoms with Crippen molar-refractivity contribution in [1.82, 2.24) is 14.0 Å². The highest BCUT2D eigenvalue weighted by Gasteiger charge is 2.51. The molecule has 2 fully saturated rings.